The largest absolute Gasteiger partial charge is 0.492 e. The van der Waals surface area contributed by atoms with Crippen molar-refractivity contribution in [2.45, 2.75) is 6.92 Å². The lowest BCUT2D eigenvalue weighted by Crippen LogP contribution is -2.18. The van der Waals surface area contributed by atoms with E-state index in [2.05, 4.69) is 16.5 Å². The molecule has 0 unspecified atom stereocenters. The molecule has 25 heavy (non-hydrogen) atoms. The minimum atomic E-state index is -0.713. The molecule has 132 valence electrons. The topological polar surface area (TPSA) is 64.5 Å². The van der Waals surface area contributed by atoms with E-state index >= 15 is 0 Å². The fourth-order valence-electron chi connectivity index (χ4n) is 2.33. The van der Waals surface area contributed by atoms with Gasteiger partial charge in [0.15, 0.2) is 23.1 Å². The number of halogens is 2. The summed E-state index contributed by atoms with van der Waals surface area (Å²) in [6.45, 7) is 5.34. The number of aryl methyl sites for hydroxylation is 1. The van der Waals surface area contributed by atoms with Crippen LogP contribution >= 0.6 is 11.6 Å². The molecule has 0 aliphatic rings. The second-order valence-electron chi connectivity index (χ2n) is 5.06. The Morgan fingerprint density at radius 3 is 2.60 bits per heavy atom. The molecule has 1 aromatic carbocycles. The summed E-state index contributed by atoms with van der Waals surface area (Å²) < 4.78 is 24.4. The normalized spacial score (nSPS) is 10.3. The van der Waals surface area contributed by atoms with Gasteiger partial charge in [-0.05, 0) is 25.3 Å². The van der Waals surface area contributed by atoms with E-state index in [-0.39, 0.29) is 27.9 Å². The van der Waals surface area contributed by atoms with Crippen molar-refractivity contribution in [1.82, 2.24) is 9.97 Å². The average Bonchev–Trinajstić information content (AvgIpc) is 2.60. The monoisotopic (exact) mass is 365 g/mol. The summed E-state index contributed by atoms with van der Waals surface area (Å²) in [4.78, 5) is 22.2. The number of hydrogen-bond acceptors (Lipinski definition) is 6. The molecule has 0 aliphatic carbocycles. The number of esters is 1. The first-order valence-corrected chi connectivity index (χ1v) is 7.58. The van der Waals surface area contributed by atoms with Crippen LogP contribution < -0.4 is 9.64 Å². The maximum Gasteiger partial charge on any atom is 0.359 e. The number of rotatable bonds is 5. The van der Waals surface area contributed by atoms with Gasteiger partial charge in [-0.15, -0.1) is 0 Å². The maximum atomic E-state index is 14.7. The Balaban J connectivity index is 2.75. The zero-order valence-corrected chi connectivity index (χ0v) is 15.0. The lowest BCUT2D eigenvalue weighted by atomic mass is 10.1. The van der Waals surface area contributed by atoms with Crippen molar-refractivity contribution in [3.8, 4) is 17.1 Å². The minimum Gasteiger partial charge on any atom is -0.492 e. The number of hydrogen-bond donors (Lipinski definition) is 0. The van der Waals surface area contributed by atoms with Crippen molar-refractivity contribution in [3.63, 3.8) is 0 Å². The summed E-state index contributed by atoms with van der Waals surface area (Å²) in [5.41, 5.74) is 0.941. The predicted molar refractivity (Wildman–Crippen MR) is 93.7 cm³/mol. The molecule has 0 saturated heterocycles. The molecule has 0 radical (unpaired) electrons. The van der Waals surface area contributed by atoms with E-state index in [0.717, 1.165) is 0 Å². The van der Waals surface area contributed by atoms with E-state index in [9.17, 15) is 9.18 Å². The molecule has 0 atom stereocenters. The third-order valence-corrected chi connectivity index (χ3v) is 3.86. The molecule has 0 N–H and O–H groups in total. The molecular formula is C17H17ClFN3O3. The van der Waals surface area contributed by atoms with Crippen LogP contribution in [0, 0.1) is 12.7 Å². The van der Waals surface area contributed by atoms with Gasteiger partial charge in [-0.1, -0.05) is 18.2 Å². The van der Waals surface area contributed by atoms with E-state index in [1.54, 1.807) is 18.9 Å². The summed E-state index contributed by atoms with van der Waals surface area (Å²) in [6.07, 6.45) is 1.50. The van der Waals surface area contributed by atoms with Crippen LogP contribution in [0.1, 0.15) is 16.2 Å². The van der Waals surface area contributed by atoms with Gasteiger partial charge in [0, 0.05) is 7.05 Å². The SMILES string of the molecule is C=CN(C)c1c(C)nc(-c2ccc(Cl)c(OC)c2F)nc1C(=O)OC. The first kappa shape index (κ1) is 18.7. The second kappa shape index (κ2) is 7.48. The third kappa shape index (κ3) is 3.41. The van der Waals surface area contributed by atoms with Crippen molar-refractivity contribution >= 4 is 23.3 Å². The fraction of sp³-hybridized carbons (Fsp3) is 0.235. The summed E-state index contributed by atoms with van der Waals surface area (Å²) in [7, 11) is 4.24. The number of aromatic nitrogens is 2. The molecule has 0 spiro atoms. The Kier molecular flexibility index (Phi) is 5.58. The zero-order chi connectivity index (χ0) is 18.7. The molecule has 6 nitrogen and oxygen atoms in total. The molecule has 8 heteroatoms. The van der Waals surface area contributed by atoms with Crippen LogP contribution in [-0.2, 0) is 4.74 Å². The molecule has 2 rings (SSSR count). The van der Waals surface area contributed by atoms with Crippen LogP contribution in [0.15, 0.2) is 24.9 Å². The van der Waals surface area contributed by atoms with Gasteiger partial charge >= 0.3 is 5.97 Å². The minimum absolute atomic E-state index is 0.000664. The number of carbonyl (C=O) groups excluding carboxylic acids is 1. The number of methoxy groups -OCH3 is 2. The van der Waals surface area contributed by atoms with E-state index in [1.807, 2.05) is 0 Å². The van der Waals surface area contributed by atoms with Gasteiger partial charge in [-0.25, -0.2) is 19.2 Å². The van der Waals surface area contributed by atoms with Gasteiger partial charge in [0.2, 0.25) is 0 Å². The Morgan fingerprint density at radius 1 is 1.36 bits per heavy atom. The van der Waals surface area contributed by atoms with Crippen LogP contribution in [0.2, 0.25) is 5.02 Å². The lowest BCUT2D eigenvalue weighted by Gasteiger charge is -2.19. The number of carbonyl (C=O) groups is 1. The molecule has 0 bridgehead atoms. The molecule has 2 aromatic rings. The first-order chi connectivity index (χ1) is 11.8. The summed E-state index contributed by atoms with van der Waals surface area (Å²) in [6, 6.07) is 2.89. The highest BCUT2D eigenvalue weighted by atomic mass is 35.5. The smallest absolute Gasteiger partial charge is 0.359 e. The third-order valence-electron chi connectivity index (χ3n) is 3.56. The van der Waals surface area contributed by atoms with Crippen molar-refractivity contribution < 1.29 is 18.7 Å². The van der Waals surface area contributed by atoms with Crippen LogP contribution in [0.3, 0.4) is 0 Å². The summed E-state index contributed by atoms with van der Waals surface area (Å²) in [5.74, 6) is -1.48. The van der Waals surface area contributed by atoms with Gasteiger partial charge in [0.05, 0.1) is 36.2 Å². The Morgan fingerprint density at radius 2 is 2.04 bits per heavy atom. The first-order valence-electron chi connectivity index (χ1n) is 7.20. The van der Waals surface area contributed by atoms with E-state index < -0.39 is 11.8 Å². The van der Waals surface area contributed by atoms with Gasteiger partial charge in [0.25, 0.3) is 0 Å². The standard InChI is InChI=1S/C17H17ClFN3O3/c1-6-22(3)14-9(2)20-16(21-13(14)17(23)25-5)10-7-8-11(18)15(24-4)12(10)19/h6-8H,1H2,2-5H3. The van der Waals surface area contributed by atoms with Gasteiger partial charge in [-0.3, -0.25) is 0 Å². The lowest BCUT2D eigenvalue weighted by molar-refractivity contribution is 0.0594. The highest BCUT2D eigenvalue weighted by Gasteiger charge is 2.24. The van der Waals surface area contributed by atoms with Crippen LogP contribution in [0.25, 0.3) is 11.4 Å². The van der Waals surface area contributed by atoms with Crippen LogP contribution in [-0.4, -0.2) is 37.2 Å². The Hall–Kier alpha value is -2.67. The molecule has 0 fully saturated rings. The summed E-state index contributed by atoms with van der Waals surface area (Å²) in [5, 5.41) is 0.122. The van der Waals surface area contributed by atoms with Crippen molar-refractivity contribution in [2.75, 3.05) is 26.2 Å². The quantitative estimate of drug-likeness (QED) is 0.754. The van der Waals surface area contributed by atoms with Crippen LogP contribution in [0.4, 0.5) is 10.1 Å². The number of ether oxygens (including phenoxy) is 2. The molecule has 0 amide bonds. The van der Waals surface area contributed by atoms with Crippen molar-refractivity contribution in [1.29, 1.82) is 0 Å². The van der Waals surface area contributed by atoms with E-state index in [1.165, 1.54) is 32.6 Å². The Bertz CT molecular complexity index is 842. The van der Waals surface area contributed by atoms with Gasteiger partial charge in [0.1, 0.15) is 0 Å². The molecule has 0 aliphatic heterocycles. The van der Waals surface area contributed by atoms with Crippen molar-refractivity contribution in [3.05, 3.63) is 47.1 Å². The Labute approximate surface area is 149 Å². The number of nitrogens with zero attached hydrogens (tertiary/aromatic N) is 3. The van der Waals surface area contributed by atoms with E-state index in [0.29, 0.717) is 11.4 Å². The predicted octanol–water partition coefficient (Wildman–Crippen LogP) is 3.62. The number of benzene rings is 1. The average molecular weight is 366 g/mol. The number of anilines is 1. The molecular weight excluding hydrogens is 349 g/mol. The van der Waals surface area contributed by atoms with Crippen LogP contribution in [0.5, 0.6) is 5.75 Å². The van der Waals surface area contributed by atoms with Crippen molar-refractivity contribution in [2.24, 2.45) is 0 Å². The molecule has 0 saturated carbocycles. The van der Waals surface area contributed by atoms with Gasteiger partial charge < -0.3 is 14.4 Å². The maximum absolute atomic E-state index is 14.7. The zero-order valence-electron chi connectivity index (χ0n) is 14.3. The highest BCUT2D eigenvalue weighted by Crippen LogP contribution is 2.35. The second-order valence-corrected chi connectivity index (χ2v) is 5.46. The van der Waals surface area contributed by atoms with Gasteiger partial charge in [-0.2, -0.15) is 0 Å². The molecule has 1 heterocycles. The van der Waals surface area contributed by atoms with E-state index in [4.69, 9.17) is 21.1 Å². The highest BCUT2D eigenvalue weighted by molar-refractivity contribution is 6.32. The fourth-order valence-corrected chi connectivity index (χ4v) is 2.56. The summed E-state index contributed by atoms with van der Waals surface area (Å²) >= 11 is 5.91. The molecule has 1 aromatic heterocycles.